The highest BCUT2D eigenvalue weighted by molar-refractivity contribution is 7.99. The molecule has 0 spiro atoms. The summed E-state index contributed by atoms with van der Waals surface area (Å²) in [4.78, 5) is 24.3. The van der Waals surface area contributed by atoms with Crippen molar-refractivity contribution in [2.45, 2.75) is 181 Å². The molecule has 0 aromatic heterocycles. The third-order valence-electron chi connectivity index (χ3n) is 7.02. The lowest BCUT2D eigenvalue weighted by molar-refractivity contribution is -0.403. The summed E-state index contributed by atoms with van der Waals surface area (Å²) >= 11 is 1.93. The zero-order valence-corrected chi connectivity index (χ0v) is 29.5. The second-order valence-electron chi connectivity index (χ2n) is 12.7. The molecule has 0 fully saturated rings. The third-order valence-corrected chi connectivity index (χ3v) is 9.22. The van der Waals surface area contributed by atoms with E-state index in [1.54, 1.807) is 0 Å². The van der Waals surface area contributed by atoms with E-state index in [9.17, 15) is 9.36 Å². The van der Waals surface area contributed by atoms with Gasteiger partial charge in [0.05, 0.1) is 13.2 Å². The van der Waals surface area contributed by atoms with E-state index in [1.165, 1.54) is 96.3 Å². The molecule has 0 N–H and O–H groups in total. The van der Waals surface area contributed by atoms with Gasteiger partial charge in [-0.05, 0) is 37.4 Å². The van der Waals surface area contributed by atoms with Crippen LogP contribution in [-0.2, 0) is 28.6 Å². The summed E-state index contributed by atoms with van der Waals surface area (Å²) < 4.78 is 23.3. The van der Waals surface area contributed by atoms with Crippen LogP contribution in [0.15, 0.2) is 0 Å². The molecule has 0 aliphatic rings. The Kier molecular flexibility index (Phi) is 26.1. The molecule has 0 saturated carbocycles. The molecule has 0 rings (SSSR count). The van der Waals surface area contributed by atoms with Crippen LogP contribution in [0, 0.1) is 5.41 Å². The SMILES string of the molecule is CCCCCCCCCCCCSC(CCCCCCCC)C(C)OOC(OCCC)(P=O)C(=O)OCC(C)(C)C. The summed E-state index contributed by atoms with van der Waals surface area (Å²) in [5.74, 6) is 0.255. The van der Waals surface area contributed by atoms with E-state index in [4.69, 9.17) is 19.2 Å². The molecule has 41 heavy (non-hydrogen) atoms. The summed E-state index contributed by atoms with van der Waals surface area (Å²) in [6, 6.07) is 0. The standard InChI is InChI=1S/C33H65O6PS/c1-8-11-13-15-17-18-19-20-22-24-27-41-30(25-23-21-16-14-12-9-2)29(4)38-39-33(40-35,37-26-10-3)31(34)36-28-32(5,6)7/h29-30H,8-28H2,1-7H3. The van der Waals surface area contributed by atoms with Gasteiger partial charge in [-0.15, -0.1) is 0 Å². The van der Waals surface area contributed by atoms with Gasteiger partial charge in [0.1, 0.15) is 6.10 Å². The first-order valence-corrected chi connectivity index (χ1v) is 18.6. The lowest BCUT2D eigenvalue weighted by atomic mass is 9.99. The zero-order chi connectivity index (χ0) is 30.8. The molecule has 0 radical (unpaired) electrons. The van der Waals surface area contributed by atoms with E-state index in [1.807, 2.05) is 46.4 Å². The number of carbonyl (C=O) groups is 1. The van der Waals surface area contributed by atoms with Gasteiger partial charge >= 0.3 is 11.5 Å². The molecule has 3 unspecified atom stereocenters. The molecule has 0 bridgehead atoms. The highest BCUT2D eigenvalue weighted by Crippen LogP contribution is 2.33. The molecule has 0 aliphatic heterocycles. The van der Waals surface area contributed by atoms with E-state index >= 15 is 0 Å². The number of carbonyl (C=O) groups excluding carboxylic acids is 1. The number of thioether (sulfide) groups is 1. The smallest absolute Gasteiger partial charge is 0.382 e. The molecule has 0 aliphatic carbocycles. The monoisotopic (exact) mass is 620 g/mol. The molecule has 0 saturated heterocycles. The minimum Gasteiger partial charge on any atom is -0.460 e. The van der Waals surface area contributed by atoms with Crippen LogP contribution < -0.4 is 0 Å². The fourth-order valence-electron chi connectivity index (χ4n) is 4.42. The summed E-state index contributed by atoms with van der Waals surface area (Å²) in [5.41, 5.74) is -2.35. The van der Waals surface area contributed by atoms with Crippen molar-refractivity contribution in [1.82, 2.24) is 0 Å². The lowest BCUT2D eigenvalue weighted by Crippen LogP contribution is -2.43. The van der Waals surface area contributed by atoms with E-state index < -0.39 is 20.0 Å². The van der Waals surface area contributed by atoms with Gasteiger partial charge < -0.3 is 9.47 Å². The Bertz CT molecular complexity index is 629. The number of hydrogen-bond acceptors (Lipinski definition) is 7. The second kappa shape index (κ2) is 26.2. The number of hydrogen-bond donors (Lipinski definition) is 0. The minimum atomic E-state index is -2.11. The van der Waals surface area contributed by atoms with Crippen LogP contribution in [-0.4, -0.2) is 41.8 Å². The number of unbranched alkanes of at least 4 members (excludes halogenated alkanes) is 14. The predicted octanol–water partition coefficient (Wildman–Crippen LogP) is 11.1. The first-order chi connectivity index (χ1) is 19.7. The fraction of sp³-hybridized carbons (Fsp3) is 0.970. The maximum Gasteiger partial charge on any atom is 0.382 e. The Hall–Kier alpha value is -0.200. The van der Waals surface area contributed by atoms with Crippen molar-refractivity contribution >= 4 is 26.2 Å². The van der Waals surface area contributed by atoms with Crippen molar-refractivity contribution in [2.75, 3.05) is 19.0 Å². The first-order valence-electron chi connectivity index (χ1n) is 16.8. The van der Waals surface area contributed by atoms with Crippen molar-refractivity contribution in [1.29, 1.82) is 0 Å². The predicted molar refractivity (Wildman–Crippen MR) is 175 cm³/mol. The van der Waals surface area contributed by atoms with Gasteiger partial charge in [0, 0.05) is 5.25 Å². The Morgan fingerprint density at radius 3 is 1.76 bits per heavy atom. The largest absolute Gasteiger partial charge is 0.460 e. The highest BCUT2D eigenvalue weighted by Gasteiger charge is 2.47. The van der Waals surface area contributed by atoms with Crippen LogP contribution in [0.1, 0.15) is 164 Å². The van der Waals surface area contributed by atoms with Crippen molar-refractivity contribution in [3.8, 4) is 0 Å². The second-order valence-corrected chi connectivity index (χ2v) is 14.8. The maximum absolute atomic E-state index is 12.9. The molecule has 0 heterocycles. The Balaban J connectivity index is 4.92. The third kappa shape index (κ3) is 22.0. The average Bonchev–Trinajstić information content (AvgIpc) is 2.95. The van der Waals surface area contributed by atoms with Crippen LogP contribution in [0.4, 0.5) is 0 Å². The molecule has 0 aromatic rings. The van der Waals surface area contributed by atoms with Gasteiger partial charge in [-0.1, -0.05) is 138 Å². The van der Waals surface area contributed by atoms with Crippen LogP contribution in [0.5, 0.6) is 0 Å². The molecular formula is C33H65O6PS. The van der Waals surface area contributed by atoms with Crippen molar-refractivity contribution < 1.29 is 28.6 Å². The van der Waals surface area contributed by atoms with Crippen LogP contribution >= 0.6 is 20.2 Å². The highest BCUT2D eigenvalue weighted by atomic mass is 32.2. The lowest BCUT2D eigenvalue weighted by Gasteiger charge is -2.29. The molecule has 6 nitrogen and oxygen atoms in total. The zero-order valence-electron chi connectivity index (χ0n) is 27.8. The van der Waals surface area contributed by atoms with E-state index in [2.05, 4.69) is 13.8 Å². The Labute approximate surface area is 259 Å². The normalized spacial score (nSPS) is 15.1. The van der Waals surface area contributed by atoms with Gasteiger partial charge in [0.15, 0.2) is 0 Å². The van der Waals surface area contributed by atoms with Gasteiger partial charge in [-0.3, -0.25) is 4.57 Å². The number of esters is 1. The summed E-state index contributed by atoms with van der Waals surface area (Å²) in [7, 11) is -0.635. The van der Waals surface area contributed by atoms with E-state index in [0.29, 0.717) is 6.42 Å². The molecule has 244 valence electrons. The molecule has 0 aromatic carbocycles. The minimum absolute atomic E-state index is 0.160. The van der Waals surface area contributed by atoms with Gasteiger partial charge in [-0.25, -0.2) is 9.68 Å². The molecule has 0 amide bonds. The Morgan fingerprint density at radius 1 is 0.756 bits per heavy atom. The first kappa shape index (κ1) is 40.8. The molecule has 8 heteroatoms. The van der Waals surface area contributed by atoms with Crippen LogP contribution in [0.3, 0.4) is 0 Å². The summed E-state index contributed by atoms with van der Waals surface area (Å²) in [6.45, 7) is 14.6. The quantitative estimate of drug-likeness (QED) is 0.0206. The van der Waals surface area contributed by atoms with Gasteiger partial charge in [-0.2, -0.15) is 16.6 Å². The van der Waals surface area contributed by atoms with Crippen molar-refractivity contribution in [3.05, 3.63) is 0 Å². The average molecular weight is 621 g/mol. The molecule has 3 atom stereocenters. The van der Waals surface area contributed by atoms with Gasteiger partial charge in [0.2, 0.25) is 8.46 Å². The van der Waals surface area contributed by atoms with Crippen molar-refractivity contribution in [2.24, 2.45) is 5.41 Å². The van der Waals surface area contributed by atoms with Crippen molar-refractivity contribution in [3.63, 3.8) is 0 Å². The maximum atomic E-state index is 12.9. The summed E-state index contributed by atoms with van der Waals surface area (Å²) in [6.07, 6.45) is 22.1. The van der Waals surface area contributed by atoms with E-state index in [0.717, 1.165) is 18.6 Å². The molecular weight excluding hydrogens is 555 g/mol. The Morgan fingerprint density at radius 2 is 1.27 bits per heavy atom. The van der Waals surface area contributed by atoms with Crippen LogP contribution in [0.2, 0.25) is 0 Å². The fourth-order valence-corrected chi connectivity index (χ4v) is 6.10. The summed E-state index contributed by atoms with van der Waals surface area (Å²) in [5, 5.41) is 0.220. The van der Waals surface area contributed by atoms with Crippen LogP contribution in [0.25, 0.3) is 0 Å². The number of rotatable bonds is 29. The van der Waals surface area contributed by atoms with E-state index in [-0.39, 0.29) is 30.0 Å². The van der Waals surface area contributed by atoms with Gasteiger partial charge in [0.25, 0.3) is 0 Å². The number of ether oxygens (including phenoxy) is 2. The topological polar surface area (TPSA) is 71.1 Å².